The van der Waals surface area contributed by atoms with Crippen LogP contribution in [0.15, 0.2) is 22.4 Å². The predicted octanol–water partition coefficient (Wildman–Crippen LogP) is 1.56. The molecular weight excluding hydrogens is 162 g/mol. The molecular formula is C8H10ClNO. The first-order valence-corrected chi connectivity index (χ1v) is 3.84. The normalized spacial score (nSPS) is 24.9. The van der Waals surface area contributed by atoms with Gasteiger partial charge in [0.15, 0.2) is 6.29 Å². The van der Waals surface area contributed by atoms with Crippen LogP contribution in [0, 0.1) is 5.92 Å². The highest BCUT2D eigenvalue weighted by Gasteiger charge is 2.15. The molecule has 0 amide bonds. The van der Waals surface area contributed by atoms with Crippen molar-refractivity contribution in [1.29, 1.82) is 0 Å². The summed E-state index contributed by atoms with van der Waals surface area (Å²) in [6, 6.07) is 0. The summed E-state index contributed by atoms with van der Waals surface area (Å²) >= 11 is 5.76. The van der Waals surface area contributed by atoms with E-state index in [1.807, 2.05) is 13.0 Å². The molecule has 2 nitrogen and oxygen atoms in total. The maximum absolute atomic E-state index is 10.4. The summed E-state index contributed by atoms with van der Waals surface area (Å²) in [5.74, 6) is 0.339. The van der Waals surface area contributed by atoms with Crippen molar-refractivity contribution in [2.24, 2.45) is 11.7 Å². The minimum absolute atomic E-state index is 0.339. The van der Waals surface area contributed by atoms with Crippen LogP contribution in [-0.4, -0.2) is 6.29 Å². The Morgan fingerprint density at radius 1 is 1.82 bits per heavy atom. The van der Waals surface area contributed by atoms with Crippen molar-refractivity contribution in [1.82, 2.24) is 0 Å². The van der Waals surface area contributed by atoms with Crippen LogP contribution in [0.3, 0.4) is 0 Å². The van der Waals surface area contributed by atoms with E-state index in [1.165, 1.54) is 0 Å². The Kier molecular flexibility index (Phi) is 2.35. The van der Waals surface area contributed by atoms with Gasteiger partial charge in [-0.1, -0.05) is 24.6 Å². The van der Waals surface area contributed by atoms with Gasteiger partial charge in [0, 0.05) is 10.7 Å². The molecule has 0 aliphatic heterocycles. The van der Waals surface area contributed by atoms with Crippen LogP contribution < -0.4 is 5.73 Å². The molecule has 0 aromatic rings. The lowest BCUT2D eigenvalue weighted by atomic mass is 9.96. The molecule has 0 bridgehead atoms. The molecule has 0 aromatic heterocycles. The number of hydrogen-bond acceptors (Lipinski definition) is 2. The third-order valence-electron chi connectivity index (χ3n) is 1.69. The van der Waals surface area contributed by atoms with Gasteiger partial charge >= 0.3 is 0 Å². The number of carbonyl (C=O) groups is 1. The van der Waals surface area contributed by atoms with Crippen molar-refractivity contribution in [3.05, 3.63) is 22.4 Å². The predicted molar refractivity (Wildman–Crippen MR) is 45.0 cm³/mol. The monoisotopic (exact) mass is 171 g/mol. The molecule has 1 rings (SSSR count). The molecule has 1 aliphatic rings. The largest absolute Gasteiger partial charge is 0.401 e. The molecule has 3 heteroatoms. The molecule has 0 saturated carbocycles. The maximum Gasteiger partial charge on any atom is 0.153 e. The van der Waals surface area contributed by atoms with E-state index in [2.05, 4.69) is 0 Å². The van der Waals surface area contributed by atoms with Gasteiger partial charge in [-0.15, -0.1) is 0 Å². The Morgan fingerprint density at radius 2 is 2.45 bits per heavy atom. The first-order valence-electron chi connectivity index (χ1n) is 3.46. The Morgan fingerprint density at radius 3 is 2.91 bits per heavy atom. The lowest BCUT2D eigenvalue weighted by molar-refractivity contribution is -0.104. The summed E-state index contributed by atoms with van der Waals surface area (Å²) in [7, 11) is 0. The standard InChI is InChI=1S/C8H10ClNO/c1-5-2-7(9)6(4-11)8(10)3-5/h2,4-5H,3,10H2,1H3. The summed E-state index contributed by atoms with van der Waals surface area (Å²) in [6.45, 7) is 2.01. The average molecular weight is 172 g/mol. The molecule has 2 N–H and O–H groups in total. The first-order chi connectivity index (χ1) is 5.15. The number of halogens is 1. The van der Waals surface area contributed by atoms with Crippen LogP contribution in [0.4, 0.5) is 0 Å². The third kappa shape index (κ3) is 1.63. The van der Waals surface area contributed by atoms with Crippen molar-refractivity contribution in [2.75, 3.05) is 0 Å². The Bertz CT molecular complexity index is 242. The first kappa shape index (κ1) is 8.34. The van der Waals surface area contributed by atoms with E-state index in [4.69, 9.17) is 17.3 Å². The van der Waals surface area contributed by atoms with Gasteiger partial charge in [-0.2, -0.15) is 0 Å². The van der Waals surface area contributed by atoms with Gasteiger partial charge < -0.3 is 5.73 Å². The second-order valence-corrected chi connectivity index (χ2v) is 3.16. The topological polar surface area (TPSA) is 43.1 Å². The molecule has 1 unspecified atom stereocenters. The fourth-order valence-corrected chi connectivity index (χ4v) is 1.52. The number of aldehydes is 1. The Labute approximate surface area is 70.7 Å². The zero-order valence-electron chi connectivity index (χ0n) is 6.30. The summed E-state index contributed by atoms with van der Waals surface area (Å²) in [5.41, 5.74) is 6.64. The van der Waals surface area contributed by atoms with E-state index in [0.29, 0.717) is 28.5 Å². The summed E-state index contributed by atoms with van der Waals surface area (Å²) < 4.78 is 0. The molecule has 60 valence electrons. The number of carbonyl (C=O) groups excluding carboxylic acids is 1. The molecule has 11 heavy (non-hydrogen) atoms. The molecule has 0 saturated heterocycles. The maximum atomic E-state index is 10.4. The Hall–Kier alpha value is -0.760. The van der Waals surface area contributed by atoms with Crippen LogP contribution in [0.2, 0.25) is 0 Å². The van der Waals surface area contributed by atoms with E-state index >= 15 is 0 Å². The van der Waals surface area contributed by atoms with Crippen LogP contribution >= 0.6 is 11.6 Å². The summed E-state index contributed by atoms with van der Waals surface area (Å²) in [6.07, 6.45) is 3.28. The lowest BCUT2D eigenvalue weighted by Gasteiger charge is -2.15. The minimum atomic E-state index is 0.339. The zero-order valence-corrected chi connectivity index (χ0v) is 7.06. The molecule has 0 aromatic carbocycles. The highest BCUT2D eigenvalue weighted by atomic mass is 35.5. The fraction of sp³-hybridized carbons (Fsp3) is 0.375. The van der Waals surface area contributed by atoms with Gasteiger partial charge in [-0.25, -0.2) is 0 Å². The van der Waals surface area contributed by atoms with E-state index in [-0.39, 0.29) is 0 Å². The molecule has 0 radical (unpaired) electrons. The van der Waals surface area contributed by atoms with E-state index in [1.54, 1.807) is 0 Å². The summed E-state index contributed by atoms with van der Waals surface area (Å²) in [5, 5.41) is 0.483. The second-order valence-electron chi connectivity index (χ2n) is 2.75. The van der Waals surface area contributed by atoms with Crippen LogP contribution in [0.1, 0.15) is 13.3 Å². The zero-order chi connectivity index (χ0) is 8.43. The fourth-order valence-electron chi connectivity index (χ4n) is 1.14. The van der Waals surface area contributed by atoms with Crippen LogP contribution in [0.5, 0.6) is 0 Å². The van der Waals surface area contributed by atoms with Gasteiger partial charge in [0.05, 0.1) is 5.57 Å². The van der Waals surface area contributed by atoms with E-state index < -0.39 is 0 Å². The number of rotatable bonds is 1. The second kappa shape index (κ2) is 3.09. The van der Waals surface area contributed by atoms with Crippen molar-refractivity contribution >= 4 is 17.9 Å². The average Bonchev–Trinajstić information content (AvgIpc) is 1.85. The Balaban J connectivity index is 2.99. The van der Waals surface area contributed by atoms with Gasteiger partial charge in [-0.3, -0.25) is 4.79 Å². The lowest BCUT2D eigenvalue weighted by Crippen LogP contribution is -2.12. The number of hydrogen-bond donors (Lipinski definition) is 1. The highest BCUT2D eigenvalue weighted by molar-refractivity contribution is 6.34. The van der Waals surface area contributed by atoms with Crippen LogP contribution in [-0.2, 0) is 4.79 Å². The quantitative estimate of drug-likeness (QED) is 0.609. The SMILES string of the molecule is CC1C=C(Cl)C(C=O)=C(N)C1. The molecule has 1 aliphatic carbocycles. The molecule has 0 fully saturated rings. The van der Waals surface area contributed by atoms with Crippen molar-refractivity contribution in [2.45, 2.75) is 13.3 Å². The number of allylic oxidation sites excluding steroid dienone is 4. The van der Waals surface area contributed by atoms with Crippen molar-refractivity contribution < 1.29 is 4.79 Å². The van der Waals surface area contributed by atoms with Gasteiger partial charge in [0.1, 0.15) is 0 Å². The number of nitrogens with two attached hydrogens (primary N) is 1. The summed E-state index contributed by atoms with van der Waals surface area (Å²) in [4.78, 5) is 10.4. The highest BCUT2D eigenvalue weighted by Crippen LogP contribution is 2.26. The van der Waals surface area contributed by atoms with Crippen molar-refractivity contribution in [3.63, 3.8) is 0 Å². The van der Waals surface area contributed by atoms with Crippen LogP contribution in [0.25, 0.3) is 0 Å². The third-order valence-corrected chi connectivity index (χ3v) is 2.02. The van der Waals surface area contributed by atoms with Gasteiger partial charge in [-0.05, 0) is 12.3 Å². The molecule has 0 heterocycles. The van der Waals surface area contributed by atoms with Crippen molar-refractivity contribution in [3.8, 4) is 0 Å². The minimum Gasteiger partial charge on any atom is -0.401 e. The molecule has 0 spiro atoms. The van der Waals surface area contributed by atoms with E-state index in [9.17, 15) is 4.79 Å². The van der Waals surface area contributed by atoms with E-state index in [0.717, 1.165) is 6.42 Å². The smallest absolute Gasteiger partial charge is 0.153 e. The van der Waals surface area contributed by atoms with Gasteiger partial charge in [0.2, 0.25) is 0 Å². The van der Waals surface area contributed by atoms with Gasteiger partial charge in [0.25, 0.3) is 0 Å². The molecule has 1 atom stereocenters.